The molecule has 0 saturated carbocycles. The molecule has 0 bridgehead atoms. The minimum atomic E-state index is -0.267. The summed E-state index contributed by atoms with van der Waals surface area (Å²) in [6, 6.07) is 5.00. The van der Waals surface area contributed by atoms with Crippen LogP contribution in [-0.4, -0.2) is 36.9 Å². The van der Waals surface area contributed by atoms with E-state index in [9.17, 15) is 9.18 Å². The normalized spacial score (nSPS) is 18.0. The number of piperidine rings is 1. The van der Waals surface area contributed by atoms with Gasteiger partial charge in [0.15, 0.2) is 5.96 Å². The predicted molar refractivity (Wildman–Crippen MR) is 108 cm³/mol. The van der Waals surface area contributed by atoms with E-state index in [-0.39, 0.29) is 41.6 Å². The highest BCUT2D eigenvalue weighted by molar-refractivity contribution is 14.0. The molecule has 0 aromatic heterocycles. The number of hydrogen-bond acceptors (Lipinski definition) is 2. The van der Waals surface area contributed by atoms with Crippen LogP contribution >= 0.6 is 39.9 Å². The summed E-state index contributed by atoms with van der Waals surface area (Å²) in [5, 5.41) is 3.19. The molecule has 8 heteroatoms. The monoisotopic (exact) mass is 512 g/mol. The van der Waals surface area contributed by atoms with E-state index in [1.807, 2.05) is 6.07 Å². The number of halogens is 3. The van der Waals surface area contributed by atoms with E-state index in [0.717, 1.165) is 31.9 Å². The van der Waals surface area contributed by atoms with Crippen LogP contribution in [0.1, 0.15) is 24.8 Å². The molecule has 1 aromatic carbocycles. The summed E-state index contributed by atoms with van der Waals surface area (Å²) in [6.45, 7) is 1.98. The number of nitrogens with two attached hydrogens (primary N) is 1. The zero-order valence-corrected chi connectivity index (χ0v) is 17.5. The van der Waals surface area contributed by atoms with Gasteiger partial charge in [0.2, 0.25) is 5.91 Å². The van der Waals surface area contributed by atoms with Crippen LogP contribution < -0.4 is 11.1 Å². The molecule has 1 atom stereocenters. The van der Waals surface area contributed by atoms with Crippen LogP contribution in [0.3, 0.4) is 0 Å². The zero-order chi connectivity index (χ0) is 16.8. The third-order valence-corrected chi connectivity index (χ3v) is 4.47. The largest absolute Gasteiger partial charge is 0.370 e. The van der Waals surface area contributed by atoms with E-state index in [4.69, 9.17) is 5.73 Å². The number of primary amides is 1. The molecule has 1 heterocycles. The lowest BCUT2D eigenvalue weighted by atomic mass is 9.95. The molecule has 1 amide bonds. The van der Waals surface area contributed by atoms with Crippen molar-refractivity contribution in [3.05, 3.63) is 34.1 Å². The molecule has 1 aromatic rings. The maximum absolute atomic E-state index is 13.9. The molecule has 134 valence electrons. The average molecular weight is 513 g/mol. The van der Waals surface area contributed by atoms with Gasteiger partial charge in [0.05, 0.1) is 0 Å². The number of rotatable bonds is 4. The molecule has 1 saturated heterocycles. The highest BCUT2D eigenvalue weighted by Gasteiger charge is 2.23. The molecule has 0 radical (unpaired) electrons. The van der Waals surface area contributed by atoms with Crippen LogP contribution in [0.2, 0.25) is 0 Å². The second-order valence-electron chi connectivity index (χ2n) is 5.76. The number of benzene rings is 1. The van der Waals surface area contributed by atoms with Crippen molar-refractivity contribution < 1.29 is 9.18 Å². The van der Waals surface area contributed by atoms with Crippen LogP contribution in [0, 0.1) is 11.7 Å². The lowest BCUT2D eigenvalue weighted by Crippen LogP contribution is -2.47. The molecular weight excluding hydrogens is 490 g/mol. The van der Waals surface area contributed by atoms with E-state index in [1.165, 1.54) is 6.07 Å². The van der Waals surface area contributed by atoms with E-state index in [1.54, 1.807) is 13.1 Å². The van der Waals surface area contributed by atoms with Crippen molar-refractivity contribution in [2.24, 2.45) is 16.6 Å². The Hall–Kier alpha value is -0.900. The van der Waals surface area contributed by atoms with Crippen LogP contribution in [0.15, 0.2) is 27.7 Å². The highest BCUT2D eigenvalue weighted by Crippen LogP contribution is 2.20. The predicted octanol–water partition coefficient (Wildman–Crippen LogP) is 2.87. The van der Waals surface area contributed by atoms with Crippen molar-refractivity contribution >= 4 is 51.8 Å². The Bertz CT molecular complexity index is 599. The quantitative estimate of drug-likeness (QED) is 0.370. The summed E-state index contributed by atoms with van der Waals surface area (Å²) in [6.07, 6.45) is 2.39. The van der Waals surface area contributed by atoms with Gasteiger partial charge >= 0.3 is 0 Å². The van der Waals surface area contributed by atoms with Gasteiger partial charge in [-0.25, -0.2) is 4.39 Å². The second kappa shape index (κ2) is 10.2. The minimum Gasteiger partial charge on any atom is -0.370 e. The van der Waals surface area contributed by atoms with Crippen molar-refractivity contribution in [1.29, 1.82) is 0 Å². The maximum Gasteiger partial charge on any atom is 0.217 e. The Morgan fingerprint density at radius 3 is 2.92 bits per heavy atom. The first-order valence-electron chi connectivity index (χ1n) is 7.67. The van der Waals surface area contributed by atoms with Crippen molar-refractivity contribution in [2.45, 2.75) is 25.8 Å². The Kier molecular flexibility index (Phi) is 8.96. The first-order chi connectivity index (χ1) is 11.0. The summed E-state index contributed by atoms with van der Waals surface area (Å²) in [5.74, 6) is 0.454. The van der Waals surface area contributed by atoms with E-state index < -0.39 is 0 Å². The Labute approximate surface area is 167 Å². The van der Waals surface area contributed by atoms with Crippen LogP contribution in [0.25, 0.3) is 0 Å². The van der Waals surface area contributed by atoms with Crippen LogP contribution in [-0.2, 0) is 11.3 Å². The molecule has 5 nitrogen and oxygen atoms in total. The van der Waals surface area contributed by atoms with Crippen molar-refractivity contribution in [2.75, 3.05) is 20.1 Å². The fraction of sp³-hybridized carbons (Fsp3) is 0.500. The standard InChI is InChI=1S/C16H22BrFN4O.HI/c1-20-16(21-9-12-4-5-13(17)8-14(12)18)22-6-2-3-11(10-22)7-15(19)23;/h4-5,8,11H,2-3,6-7,9-10H2,1H3,(H2,19,23)(H,20,21);1H. The van der Waals surface area contributed by atoms with Gasteiger partial charge in [0.1, 0.15) is 5.82 Å². The van der Waals surface area contributed by atoms with Crippen molar-refractivity contribution in [3.63, 3.8) is 0 Å². The maximum atomic E-state index is 13.9. The molecule has 0 spiro atoms. The number of carbonyl (C=O) groups is 1. The molecule has 0 aliphatic carbocycles. The van der Waals surface area contributed by atoms with Gasteiger partial charge in [-0.1, -0.05) is 22.0 Å². The SMILES string of the molecule is CN=C(NCc1ccc(Br)cc1F)N1CCCC(CC(N)=O)C1.I. The number of aliphatic imine (C=N–C) groups is 1. The number of carbonyl (C=O) groups excluding carboxylic acids is 1. The van der Waals surface area contributed by atoms with Gasteiger partial charge < -0.3 is 16.0 Å². The summed E-state index contributed by atoms with van der Waals surface area (Å²) >= 11 is 3.25. The summed E-state index contributed by atoms with van der Waals surface area (Å²) in [4.78, 5) is 17.5. The lowest BCUT2D eigenvalue weighted by molar-refractivity contribution is -0.119. The highest BCUT2D eigenvalue weighted by atomic mass is 127. The fourth-order valence-corrected chi connectivity index (χ4v) is 3.21. The van der Waals surface area contributed by atoms with Crippen molar-refractivity contribution in [1.82, 2.24) is 10.2 Å². The smallest absolute Gasteiger partial charge is 0.217 e. The Balaban J connectivity index is 0.00000288. The van der Waals surface area contributed by atoms with Crippen LogP contribution in [0.5, 0.6) is 0 Å². The zero-order valence-electron chi connectivity index (χ0n) is 13.6. The molecule has 2 rings (SSSR count). The average Bonchev–Trinajstić information content (AvgIpc) is 2.49. The minimum absolute atomic E-state index is 0. The third kappa shape index (κ3) is 6.19. The third-order valence-electron chi connectivity index (χ3n) is 3.97. The first-order valence-corrected chi connectivity index (χ1v) is 8.46. The van der Waals surface area contributed by atoms with E-state index in [0.29, 0.717) is 23.0 Å². The Morgan fingerprint density at radius 2 is 2.29 bits per heavy atom. The number of amides is 1. The topological polar surface area (TPSA) is 70.7 Å². The number of guanidine groups is 1. The molecule has 3 N–H and O–H groups in total. The molecule has 1 unspecified atom stereocenters. The molecule has 1 aliphatic rings. The number of likely N-dealkylation sites (tertiary alicyclic amines) is 1. The van der Waals surface area contributed by atoms with E-state index >= 15 is 0 Å². The molecular formula is C16H23BrFIN4O. The van der Waals surface area contributed by atoms with Gasteiger partial charge in [0.25, 0.3) is 0 Å². The van der Waals surface area contributed by atoms with Crippen molar-refractivity contribution in [3.8, 4) is 0 Å². The second-order valence-corrected chi connectivity index (χ2v) is 6.68. The summed E-state index contributed by atoms with van der Waals surface area (Å²) in [5.41, 5.74) is 5.88. The van der Waals surface area contributed by atoms with Crippen LogP contribution in [0.4, 0.5) is 4.39 Å². The number of hydrogen-bond donors (Lipinski definition) is 2. The van der Waals surface area contributed by atoms with Gasteiger partial charge in [-0.05, 0) is 30.9 Å². The van der Waals surface area contributed by atoms with Gasteiger partial charge in [0, 0.05) is 43.1 Å². The van der Waals surface area contributed by atoms with Gasteiger partial charge in [-0.15, -0.1) is 24.0 Å². The lowest BCUT2D eigenvalue weighted by Gasteiger charge is -2.34. The molecule has 24 heavy (non-hydrogen) atoms. The van der Waals surface area contributed by atoms with E-state index in [2.05, 4.69) is 31.1 Å². The number of nitrogens with one attached hydrogen (secondary N) is 1. The molecule has 1 fully saturated rings. The van der Waals surface area contributed by atoms with Gasteiger partial charge in [-0.2, -0.15) is 0 Å². The molecule has 1 aliphatic heterocycles. The summed E-state index contributed by atoms with van der Waals surface area (Å²) in [7, 11) is 1.71. The first kappa shape index (κ1) is 21.1. The number of nitrogens with zero attached hydrogens (tertiary/aromatic N) is 2. The summed E-state index contributed by atoms with van der Waals surface area (Å²) < 4.78 is 14.6. The fourth-order valence-electron chi connectivity index (χ4n) is 2.88. The Morgan fingerprint density at radius 1 is 1.54 bits per heavy atom. The van der Waals surface area contributed by atoms with Gasteiger partial charge in [-0.3, -0.25) is 9.79 Å².